The maximum Gasteiger partial charge on any atom is 0.262 e. The van der Waals surface area contributed by atoms with Gasteiger partial charge >= 0.3 is 0 Å². The summed E-state index contributed by atoms with van der Waals surface area (Å²) < 4.78 is 22.2. The molecule has 0 unspecified atom stereocenters. The van der Waals surface area contributed by atoms with Crippen LogP contribution in [0.5, 0.6) is 0 Å². The SMILES string of the molecule is CC(=O)Cc1ccc(Cl)c(S(=O)(=O)Cl)c1.CC(=O)Cc1ccc(Cl)cc1. The number of hydrogen-bond acceptors (Lipinski definition) is 4. The van der Waals surface area contributed by atoms with Gasteiger partial charge in [-0.05, 0) is 49.2 Å². The average Bonchev–Trinajstić information content (AvgIpc) is 2.50. The van der Waals surface area contributed by atoms with Crippen LogP contribution < -0.4 is 0 Å². The van der Waals surface area contributed by atoms with Crippen LogP contribution >= 0.6 is 33.9 Å². The van der Waals surface area contributed by atoms with Crippen LogP contribution in [-0.4, -0.2) is 20.0 Å². The van der Waals surface area contributed by atoms with Gasteiger partial charge < -0.3 is 0 Å². The molecule has 0 aromatic heterocycles. The highest BCUT2D eigenvalue weighted by Crippen LogP contribution is 2.25. The third kappa shape index (κ3) is 8.32. The first-order valence-electron chi connectivity index (χ1n) is 7.45. The first kappa shape index (κ1) is 22.6. The van der Waals surface area contributed by atoms with Crippen molar-refractivity contribution in [3.05, 3.63) is 63.6 Å². The van der Waals surface area contributed by atoms with E-state index >= 15 is 0 Å². The van der Waals surface area contributed by atoms with Crippen molar-refractivity contribution in [1.82, 2.24) is 0 Å². The fraction of sp³-hybridized carbons (Fsp3) is 0.222. The third-order valence-electron chi connectivity index (χ3n) is 3.08. The van der Waals surface area contributed by atoms with Crippen LogP contribution in [0.2, 0.25) is 10.0 Å². The van der Waals surface area contributed by atoms with Gasteiger partial charge in [-0.25, -0.2) is 8.42 Å². The van der Waals surface area contributed by atoms with Crippen LogP contribution in [0.3, 0.4) is 0 Å². The van der Waals surface area contributed by atoms with Gasteiger partial charge in [0, 0.05) is 28.5 Å². The van der Waals surface area contributed by atoms with E-state index in [0.717, 1.165) is 5.56 Å². The molecule has 0 aliphatic carbocycles. The second kappa shape index (κ2) is 10.1. The van der Waals surface area contributed by atoms with Crippen LogP contribution in [0.25, 0.3) is 0 Å². The van der Waals surface area contributed by atoms with Gasteiger partial charge in [-0.2, -0.15) is 0 Å². The molecule has 2 aromatic carbocycles. The summed E-state index contributed by atoms with van der Waals surface area (Å²) in [5.41, 5.74) is 1.59. The van der Waals surface area contributed by atoms with E-state index in [4.69, 9.17) is 33.9 Å². The van der Waals surface area contributed by atoms with Crippen molar-refractivity contribution in [1.29, 1.82) is 0 Å². The Kier molecular flexibility index (Phi) is 8.77. The van der Waals surface area contributed by atoms with Crippen molar-refractivity contribution < 1.29 is 18.0 Å². The minimum atomic E-state index is -3.86. The zero-order valence-electron chi connectivity index (χ0n) is 14.1. The standard InChI is InChI=1S/C9H8Cl2O3S.C9H9ClO/c1-6(12)4-7-2-3-8(10)9(5-7)15(11,13)14;1-7(11)6-8-2-4-9(10)5-3-8/h2-3,5H,4H2,1H3;2-5H,6H2,1H3. The Morgan fingerprint density at radius 2 is 1.31 bits per heavy atom. The Balaban J connectivity index is 0.000000273. The van der Waals surface area contributed by atoms with Crippen LogP contribution in [-0.2, 0) is 31.5 Å². The van der Waals surface area contributed by atoms with E-state index in [1.165, 1.54) is 19.1 Å². The summed E-state index contributed by atoms with van der Waals surface area (Å²) in [4.78, 5) is 21.3. The first-order valence-corrected chi connectivity index (χ1v) is 10.5. The minimum absolute atomic E-state index is 0.0531. The number of Topliss-reactive ketones (excluding diaryl/α,β-unsaturated/α-hetero) is 2. The molecule has 4 nitrogen and oxygen atoms in total. The molecule has 0 aliphatic rings. The van der Waals surface area contributed by atoms with Gasteiger partial charge in [0.25, 0.3) is 9.05 Å². The Bertz CT molecular complexity index is 891. The fourth-order valence-electron chi connectivity index (χ4n) is 2.02. The second-order valence-electron chi connectivity index (χ2n) is 5.59. The van der Waals surface area contributed by atoms with Crippen molar-refractivity contribution in [2.75, 3.05) is 0 Å². The topological polar surface area (TPSA) is 68.3 Å². The Morgan fingerprint density at radius 1 is 0.846 bits per heavy atom. The Hall–Kier alpha value is -1.40. The molecule has 0 spiro atoms. The molecule has 2 aromatic rings. The summed E-state index contributed by atoms with van der Waals surface area (Å²) in [6, 6.07) is 11.6. The fourth-order valence-corrected chi connectivity index (χ4v) is 3.66. The molecule has 140 valence electrons. The van der Waals surface area contributed by atoms with Gasteiger partial charge in [-0.1, -0.05) is 41.4 Å². The zero-order chi connectivity index (χ0) is 19.9. The molecule has 8 heteroatoms. The zero-order valence-corrected chi connectivity index (χ0v) is 17.2. The second-order valence-corrected chi connectivity index (χ2v) is 8.96. The van der Waals surface area contributed by atoms with E-state index in [9.17, 15) is 18.0 Å². The van der Waals surface area contributed by atoms with E-state index in [1.54, 1.807) is 25.1 Å². The van der Waals surface area contributed by atoms with E-state index in [-0.39, 0.29) is 27.9 Å². The Morgan fingerprint density at radius 3 is 1.77 bits per heavy atom. The predicted octanol–water partition coefficient (Wildman–Crippen LogP) is 4.87. The molecule has 0 atom stereocenters. The van der Waals surface area contributed by atoms with E-state index in [2.05, 4.69) is 0 Å². The van der Waals surface area contributed by atoms with Crippen molar-refractivity contribution >= 4 is 54.5 Å². The van der Waals surface area contributed by atoms with Crippen LogP contribution in [0.4, 0.5) is 0 Å². The lowest BCUT2D eigenvalue weighted by Crippen LogP contribution is -1.99. The smallest absolute Gasteiger partial charge is 0.262 e. The summed E-state index contributed by atoms with van der Waals surface area (Å²) in [6.45, 7) is 3.00. The van der Waals surface area contributed by atoms with Crippen molar-refractivity contribution in [2.24, 2.45) is 0 Å². The third-order valence-corrected chi connectivity index (χ3v) is 5.13. The molecule has 0 saturated carbocycles. The van der Waals surface area contributed by atoms with Gasteiger partial charge in [0.1, 0.15) is 16.5 Å². The van der Waals surface area contributed by atoms with Crippen LogP contribution in [0.1, 0.15) is 25.0 Å². The van der Waals surface area contributed by atoms with Gasteiger partial charge in [-0.3, -0.25) is 9.59 Å². The largest absolute Gasteiger partial charge is 0.300 e. The number of benzene rings is 2. The quantitative estimate of drug-likeness (QED) is 0.628. The van der Waals surface area contributed by atoms with Gasteiger partial charge in [0.15, 0.2) is 0 Å². The average molecular weight is 436 g/mol. The van der Waals surface area contributed by atoms with Crippen molar-refractivity contribution in [3.63, 3.8) is 0 Å². The summed E-state index contributed by atoms with van der Waals surface area (Å²) in [5, 5.41) is 0.759. The first-order chi connectivity index (χ1) is 12.0. The molecule has 0 fully saturated rings. The molecule has 0 radical (unpaired) electrons. The maximum absolute atomic E-state index is 11.1. The summed E-state index contributed by atoms with van der Waals surface area (Å²) >= 11 is 11.3. The highest BCUT2D eigenvalue weighted by atomic mass is 35.7. The lowest BCUT2D eigenvalue weighted by atomic mass is 10.1. The Labute approximate surface area is 167 Å². The number of carbonyl (C=O) groups excluding carboxylic acids is 2. The summed E-state index contributed by atoms with van der Waals surface area (Å²) in [6.07, 6.45) is 0.660. The summed E-state index contributed by atoms with van der Waals surface area (Å²) in [7, 11) is 1.31. The van der Waals surface area contributed by atoms with Gasteiger partial charge in [0.05, 0.1) is 5.02 Å². The van der Waals surface area contributed by atoms with E-state index < -0.39 is 9.05 Å². The van der Waals surface area contributed by atoms with Gasteiger partial charge in [0.2, 0.25) is 0 Å². The monoisotopic (exact) mass is 434 g/mol. The molecule has 0 heterocycles. The lowest BCUT2D eigenvalue weighted by Gasteiger charge is -2.03. The number of rotatable bonds is 5. The molecule has 0 bridgehead atoms. The molecule has 0 aliphatic heterocycles. The maximum atomic E-state index is 11.1. The van der Waals surface area contributed by atoms with Crippen molar-refractivity contribution in [2.45, 2.75) is 31.6 Å². The molecule has 0 N–H and O–H groups in total. The van der Waals surface area contributed by atoms with Crippen molar-refractivity contribution in [3.8, 4) is 0 Å². The molecule has 26 heavy (non-hydrogen) atoms. The van der Waals surface area contributed by atoms with Crippen LogP contribution in [0.15, 0.2) is 47.4 Å². The molecule has 0 amide bonds. The normalized spacial score (nSPS) is 10.7. The van der Waals surface area contributed by atoms with E-state index in [0.29, 0.717) is 17.0 Å². The number of ketones is 2. The number of halogens is 3. The highest BCUT2D eigenvalue weighted by molar-refractivity contribution is 8.13. The molecule has 2 rings (SSSR count). The van der Waals surface area contributed by atoms with Gasteiger partial charge in [-0.15, -0.1) is 0 Å². The lowest BCUT2D eigenvalue weighted by molar-refractivity contribution is -0.117. The molecular weight excluding hydrogens is 419 g/mol. The van der Waals surface area contributed by atoms with E-state index in [1.807, 2.05) is 12.1 Å². The summed E-state index contributed by atoms with van der Waals surface area (Å²) in [5.74, 6) is 0.113. The minimum Gasteiger partial charge on any atom is -0.300 e. The van der Waals surface area contributed by atoms with Crippen LogP contribution in [0, 0.1) is 0 Å². The predicted molar refractivity (Wildman–Crippen MR) is 105 cm³/mol. The number of hydrogen-bond donors (Lipinski definition) is 0. The molecular formula is C18H17Cl3O4S. The highest BCUT2D eigenvalue weighted by Gasteiger charge is 2.15. The molecule has 0 saturated heterocycles. The number of carbonyl (C=O) groups is 2.